The fourth-order valence-corrected chi connectivity index (χ4v) is 2.82. The number of carbonyl (C=O) groups is 1. The van der Waals surface area contributed by atoms with Crippen LogP contribution in [0, 0.1) is 13.8 Å². The molecule has 21 heavy (non-hydrogen) atoms. The van der Waals surface area contributed by atoms with E-state index in [4.69, 9.17) is 0 Å². The van der Waals surface area contributed by atoms with Crippen molar-refractivity contribution < 1.29 is 4.79 Å². The van der Waals surface area contributed by atoms with Gasteiger partial charge in [-0.3, -0.25) is 4.79 Å². The predicted octanol–water partition coefficient (Wildman–Crippen LogP) is 0.106. The molecule has 1 N–H and O–H groups in total. The molecule has 3 heterocycles. The Morgan fingerprint density at radius 3 is 2.86 bits per heavy atom. The molecule has 112 valence electrons. The molecule has 7 nitrogen and oxygen atoms in total. The minimum atomic E-state index is 0.217. The van der Waals surface area contributed by atoms with E-state index in [1.165, 1.54) is 6.33 Å². The molecule has 0 aliphatic carbocycles. The third-order valence-corrected chi connectivity index (χ3v) is 4.05. The first-order valence-electron chi connectivity index (χ1n) is 7.31. The summed E-state index contributed by atoms with van der Waals surface area (Å²) in [6, 6.07) is 0. The Morgan fingerprint density at radius 1 is 1.33 bits per heavy atom. The normalized spacial score (nSPS) is 15.6. The van der Waals surface area contributed by atoms with Crippen LogP contribution < -0.4 is 5.32 Å². The van der Waals surface area contributed by atoms with E-state index < -0.39 is 0 Å². The first kappa shape index (κ1) is 13.9. The average molecular weight is 288 g/mol. The lowest BCUT2D eigenvalue weighted by molar-refractivity contribution is -0.131. The predicted molar refractivity (Wildman–Crippen MR) is 78.0 cm³/mol. The highest BCUT2D eigenvalue weighted by Gasteiger charge is 2.18. The number of rotatable bonds is 3. The number of hydrogen-bond donors (Lipinski definition) is 1. The van der Waals surface area contributed by atoms with Crippen LogP contribution in [0.4, 0.5) is 0 Å². The zero-order chi connectivity index (χ0) is 14.8. The van der Waals surface area contributed by atoms with Gasteiger partial charge in [-0.25, -0.2) is 9.50 Å². The highest BCUT2D eigenvalue weighted by molar-refractivity contribution is 5.76. The van der Waals surface area contributed by atoms with Crippen molar-refractivity contribution in [3.8, 4) is 0 Å². The van der Waals surface area contributed by atoms with E-state index in [1.54, 1.807) is 4.52 Å². The molecule has 1 aliphatic rings. The fourth-order valence-electron chi connectivity index (χ4n) is 2.82. The number of nitrogens with zero attached hydrogens (tertiary/aromatic N) is 5. The molecular formula is C14H20N6O. The lowest BCUT2D eigenvalue weighted by atomic mass is 10.1. The smallest absolute Gasteiger partial charge is 0.252 e. The summed E-state index contributed by atoms with van der Waals surface area (Å²) in [6.07, 6.45) is 2.72. The van der Waals surface area contributed by atoms with Crippen molar-refractivity contribution in [3.63, 3.8) is 0 Å². The highest BCUT2D eigenvalue weighted by Crippen LogP contribution is 2.15. The largest absolute Gasteiger partial charge is 0.340 e. The Kier molecular flexibility index (Phi) is 3.83. The van der Waals surface area contributed by atoms with Crippen LogP contribution in [0.25, 0.3) is 5.78 Å². The SMILES string of the molecule is Cc1nc2ncnn2c(C)c1CCC(=O)N1CCNCC1. The molecule has 7 heteroatoms. The topological polar surface area (TPSA) is 75.4 Å². The maximum Gasteiger partial charge on any atom is 0.252 e. The van der Waals surface area contributed by atoms with Crippen LogP contribution in [0.2, 0.25) is 0 Å². The number of carbonyl (C=O) groups excluding carboxylic acids is 1. The van der Waals surface area contributed by atoms with Crippen LogP contribution in [-0.4, -0.2) is 56.6 Å². The molecule has 0 atom stereocenters. The van der Waals surface area contributed by atoms with Crippen LogP contribution >= 0.6 is 0 Å². The Hall–Kier alpha value is -2.02. The third-order valence-electron chi connectivity index (χ3n) is 4.05. The van der Waals surface area contributed by atoms with Crippen molar-refractivity contribution in [2.24, 2.45) is 0 Å². The summed E-state index contributed by atoms with van der Waals surface area (Å²) in [7, 11) is 0. The fraction of sp³-hybridized carbons (Fsp3) is 0.571. The first-order valence-corrected chi connectivity index (χ1v) is 7.31. The number of piperazine rings is 1. The summed E-state index contributed by atoms with van der Waals surface area (Å²) in [5, 5.41) is 7.43. The van der Waals surface area contributed by atoms with Gasteiger partial charge in [-0.05, 0) is 25.8 Å². The van der Waals surface area contributed by atoms with Crippen LogP contribution in [0.15, 0.2) is 6.33 Å². The van der Waals surface area contributed by atoms with Crippen LogP contribution in [-0.2, 0) is 11.2 Å². The number of hydrogen-bond acceptors (Lipinski definition) is 5. The standard InChI is InChI=1S/C14H20N6O/c1-10-12(11(2)20-14(18-10)16-9-17-20)3-4-13(21)19-7-5-15-6-8-19/h9,15H,3-8H2,1-2H3. The van der Waals surface area contributed by atoms with Crippen molar-refractivity contribution in [2.45, 2.75) is 26.7 Å². The monoisotopic (exact) mass is 288 g/mol. The zero-order valence-electron chi connectivity index (χ0n) is 12.5. The van der Waals surface area contributed by atoms with E-state index in [2.05, 4.69) is 20.4 Å². The maximum atomic E-state index is 12.3. The lowest BCUT2D eigenvalue weighted by Crippen LogP contribution is -2.46. The summed E-state index contributed by atoms with van der Waals surface area (Å²) < 4.78 is 1.73. The van der Waals surface area contributed by atoms with Crippen molar-refractivity contribution >= 4 is 11.7 Å². The van der Waals surface area contributed by atoms with Crippen molar-refractivity contribution in [3.05, 3.63) is 23.3 Å². The van der Waals surface area contributed by atoms with Gasteiger partial charge in [0, 0.05) is 44.0 Å². The van der Waals surface area contributed by atoms with E-state index in [9.17, 15) is 4.79 Å². The number of nitrogens with one attached hydrogen (secondary N) is 1. The van der Waals surface area contributed by atoms with E-state index in [0.717, 1.165) is 43.1 Å². The Balaban J connectivity index is 1.74. The Labute approximate surface area is 123 Å². The highest BCUT2D eigenvalue weighted by atomic mass is 16.2. The molecular weight excluding hydrogens is 268 g/mol. The van der Waals surface area contributed by atoms with Gasteiger partial charge >= 0.3 is 0 Å². The minimum absolute atomic E-state index is 0.217. The lowest BCUT2D eigenvalue weighted by Gasteiger charge is -2.27. The number of fused-ring (bicyclic) bond motifs is 1. The van der Waals surface area contributed by atoms with E-state index >= 15 is 0 Å². The summed E-state index contributed by atoms with van der Waals surface area (Å²) in [5.74, 6) is 0.830. The van der Waals surface area contributed by atoms with Gasteiger partial charge in [-0.1, -0.05) is 0 Å². The second kappa shape index (κ2) is 5.77. The molecule has 2 aromatic heterocycles. The van der Waals surface area contributed by atoms with Crippen molar-refractivity contribution in [1.29, 1.82) is 0 Å². The quantitative estimate of drug-likeness (QED) is 0.867. The molecule has 1 aliphatic heterocycles. The van der Waals surface area contributed by atoms with Gasteiger partial charge in [0.1, 0.15) is 6.33 Å². The van der Waals surface area contributed by atoms with Gasteiger partial charge in [0.2, 0.25) is 5.91 Å². The van der Waals surface area contributed by atoms with E-state index in [1.807, 2.05) is 18.7 Å². The maximum absolute atomic E-state index is 12.3. The van der Waals surface area contributed by atoms with Gasteiger partial charge in [0.25, 0.3) is 5.78 Å². The number of aryl methyl sites for hydroxylation is 2. The molecule has 0 radical (unpaired) electrons. The van der Waals surface area contributed by atoms with Crippen LogP contribution in [0.1, 0.15) is 23.4 Å². The Morgan fingerprint density at radius 2 is 2.10 bits per heavy atom. The summed E-state index contributed by atoms with van der Waals surface area (Å²) in [4.78, 5) is 22.7. The van der Waals surface area contributed by atoms with Crippen molar-refractivity contribution in [1.82, 2.24) is 29.8 Å². The van der Waals surface area contributed by atoms with Crippen LogP contribution in [0.5, 0.6) is 0 Å². The molecule has 1 saturated heterocycles. The van der Waals surface area contributed by atoms with E-state index in [-0.39, 0.29) is 5.91 Å². The van der Waals surface area contributed by atoms with Crippen molar-refractivity contribution in [2.75, 3.05) is 26.2 Å². The average Bonchev–Trinajstić information content (AvgIpc) is 2.96. The molecule has 0 unspecified atom stereocenters. The van der Waals surface area contributed by atoms with Gasteiger partial charge < -0.3 is 10.2 Å². The molecule has 0 aromatic carbocycles. The molecule has 0 spiro atoms. The Bertz CT molecular complexity index is 659. The minimum Gasteiger partial charge on any atom is -0.340 e. The van der Waals surface area contributed by atoms with Crippen LogP contribution in [0.3, 0.4) is 0 Å². The van der Waals surface area contributed by atoms with E-state index in [0.29, 0.717) is 18.6 Å². The third kappa shape index (κ3) is 2.73. The summed E-state index contributed by atoms with van der Waals surface area (Å²) >= 11 is 0. The first-order chi connectivity index (χ1) is 10.2. The van der Waals surface area contributed by atoms with Gasteiger partial charge in [-0.15, -0.1) is 0 Å². The second-order valence-corrected chi connectivity index (χ2v) is 5.36. The summed E-state index contributed by atoms with van der Waals surface area (Å²) in [6.45, 7) is 7.34. The van der Waals surface area contributed by atoms with Gasteiger partial charge in [-0.2, -0.15) is 10.1 Å². The zero-order valence-corrected chi connectivity index (χ0v) is 12.5. The number of aromatic nitrogens is 4. The van der Waals surface area contributed by atoms with Gasteiger partial charge in [0.05, 0.1) is 0 Å². The molecule has 0 bridgehead atoms. The second-order valence-electron chi connectivity index (χ2n) is 5.36. The number of amides is 1. The summed E-state index contributed by atoms with van der Waals surface area (Å²) in [5.41, 5.74) is 3.04. The molecule has 1 fully saturated rings. The molecule has 0 saturated carbocycles. The molecule has 1 amide bonds. The molecule has 2 aromatic rings. The van der Waals surface area contributed by atoms with Gasteiger partial charge in [0.15, 0.2) is 0 Å². The molecule has 3 rings (SSSR count).